The van der Waals surface area contributed by atoms with Crippen LogP contribution in [0.2, 0.25) is 0 Å². The molecule has 1 fully saturated rings. The van der Waals surface area contributed by atoms with Crippen LogP contribution in [0.15, 0.2) is 30.3 Å². The molecule has 1 aliphatic heterocycles. The average Bonchev–Trinajstić information content (AvgIpc) is 2.31. The molecule has 0 bridgehead atoms. The van der Waals surface area contributed by atoms with Gasteiger partial charge in [0.2, 0.25) is 0 Å². The maximum Gasteiger partial charge on any atom is 0.125 e. The van der Waals surface area contributed by atoms with E-state index in [4.69, 9.17) is 0 Å². The number of carbonyl (C=O) groups is 1. The molecule has 0 N–H and O–H groups in total. The van der Waals surface area contributed by atoms with E-state index in [1.54, 1.807) is 0 Å². The fourth-order valence-corrected chi connectivity index (χ4v) is 2.03. The molecular formula is C13H17NO. The molecule has 1 heterocycles. The largest absolute Gasteiger partial charge is 0.371 e. The van der Waals surface area contributed by atoms with Crippen molar-refractivity contribution in [2.75, 3.05) is 18.0 Å². The van der Waals surface area contributed by atoms with Crippen LogP contribution in [0, 0.1) is 5.41 Å². The van der Waals surface area contributed by atoms with Crippen LogP contribution in [-0.4, -0.2) is 19.4 Å². The normalized spacial score (nSPS) is 19.9. The topological polar surface area (TPSA) is 20.3 Å². The zero-order chi connectivity index (χ0) is 10.7. The highest BCUT2D eigenvalue weighted by Crippen LogP contribution is 2.30. The Balaban J connectivity index is 2.03. The molecule has 0 amide bonds. The van der Waals surface area contributed by atoms with E-state index < -0.39 is 0 Å². The molecule has 1 aliphatic rings. The lowest BCUT2D eigenvalue weighted by Crippen LogP contribution is -2.39. The summed E-state index contributed by atoms with van der Waals surface area (Å²) in [5.41, 5.74) is 1.18. The summed E-state index contributed by atoms with van der Waals surface area (Å²) >= 11 is 0. The summed E-state index contributed by atoms with van der Waals surface area (Å²) in [6, 6.07) is 10.4. The highest BCUT2D eigenvalue weighted by molar-refractivity contribution is 5.60. The number of rotatable bonds is 2. The molecular weight excluding hydrogens is 186 g/mol. The first-order valence-corrected chi connectivity index (χ1v) is 5.50. The first-order chi connectivity index (χ1) is 7.23. The second-order valence-electron chi connectivity index (χ2n) is 4.59. The Hall–Kier alpha value is -1.31. The molecule has 2 rings (SSSR count). The van der Waals surface area contributed by atoms with Crippen molar-refractivity contribution < 1.29 is 4.79 Å². The van der Waals surface area contributed by atoms with E-state index in [1.807, 2.05) is 6.07 Å². The first kappa shape index (κ1) is 10.2. The number of hydrogen-bond acceptors (Lipinski definition) is 2. The highest BCUT2D eigenvalue weighted by Gasteiger charge is 2.29. The molecule has 0 aromatic heterocycles. The zero-order valence-corrected chi connectivity index (χ0v) is 9.15. The molecule has 0 unspecified atom stereocenters. The first-order valence-electron chi connectivity index (χ1n) is 5.50. The van der Waals surface area contributed by atoms with Gasteiger partial charge in [0.1, 0.15) is 6.29 Å². The summed E-state index contributed by atoms with van der Waals surface area (Å²) in [5.74, 6) is 0. The number of anilines is 1. The summed E-state index contributed by atoms with van der Waals surface area (Å²) in [6.07, 6.45) is 3.05. The molecule has 80 valence electrons. The minimum Gasteiger partial charge on any atom is -0.371 e. The average molecular weight is 203 g/mol. The van der Waals surface area contributed by atoms with Gasteiger partial charge < -0.3 is 9.69 Å². The maximum atomic E-state index is 10.9. The van der Waals surface area contributed by atoms with Gasteiger partial charge in [0, 0.05) is 24.2 Å². The minimum atomic E-state index is -0.0920. The standard InChI is InChI=1S/C13H17NO/c1-13(11-15)7-9-14(10-8-13)12-5-3-2-4-6-12/h2-6,11H,7-10H2,1H3. The third kappa shape index (κ3) is 2.20. The van der Waals surface area contributed by atoms with Gasteiger partial charge in [0.05, 0.1) is 0 Å². The molecule has 2 heteroatoms. The second-order valence-corrected chi connectivity index (χ2v) is 4.59. The van der Waals surface area contributed by atoms with Gasteiger partial charge in [-0.25, -0.2) is 0 Å². The predicted octanol–water partition coefficient (Wildman–Crippen LogP) is 2.49. The third-order valence-corrected chi connectivity index (χ3v) is 3.31. The van der Waals surface area contributed by atoms with Gasteiger partial charge in [0.15, 0.2) is 0 Å². The molecule has 2 nitrogen and oxygen atoms in total. The van der Waals surface area contributed by atoms with Crippen molar-refractivity contribution in [3.63, 3.8) is 0 Å². The molecule has 0 aliphatic carbocycles. The number of benzene rings is 1. The van der Waals surface area contributed by atoms with E-state index >= 15 is 0 Å². The van der Waals surface area contributed by atoms with Crippen LogP contribution in [0.4, 0.5) is 5.69 Å². The quantitative estimate of drug-likeness (QED) is 0.688. The Morgan fingerprint density at radius 2 is 1.80 bits per heavy atom. The number of piperidine rings is 1. The van der Waals surface area contributed by atoms with Gasteiger partial charge in [-0.1, -0.05) is 25.1 Å². The van der Waals surface area contributed by atoms with E-state index in [9.17, 15) is 4.79 Å². The smallest absolute Gasteiger partial charge is 0.125 e. The van der Waals surface area contributed by atoms with Crippen molar-refractivity contribution in [2.45, 2.75) is 19.8 Å². The highest BCUT2D eigenvalue weighted by atomic mass is 16.1. The maximum absolute atomic E-state index is 10.9. The number of carbonyl (C=O) groups excluding carboxylic acids is 1. The van der Waals surface area contributed by atoms with E-state index in [0.29, 0.717) is 0 Å². The molecule has 15 heavy (non-hydrogen) atoms. The molecule has 0 saturated carbocycles. The van der Waals surface area contributed by atoms with E-state index in [1.165, 1.54) is 5.69 Å². The molecule has 1 saturated heterocycles. The Bertz CT molecular complexity index is 326. The number of nitrogens with zero attached hydrogens (tertiary/aromatic N) is 1. The molecule has 0 spiro atoms. The zero-order valence-electron chi connectivity index (χ0n) is 9.15. The summed E-state index contributed by atoms with van der Waals surface area (Å²) in [5, 5.41) is 0. The van der Waals surface area contributed by atoms with Crippen molar-refractivity contribution in [1.82, 2.24) is 0 Å². The lowest BCUT2D eigenvalue weighted by Gasteiger charge is -2.37. The van der Waals surface area contributed by atoms with Gasteiger partial charge >= 0.3 is 0 Å². The van der Waals surface area contributed by atoms with Gasteiger partial charge in [0.25, 0.3) is 0 Å². The van der Waals surface area contributed by atoms with Crippen LogP contribution in [0.5, 0.6) is 0 Å². The Labute approximate surface area is 90.9 Å². The van der Waals surface area contributed by atoms with Crippen LogP contribution < -0.4 is 4.90 Å². The van der Waals surface area contributed by atoms with Crippen LogP contribution in [0.25, 0.3) is 0 Å². The molecule has 1 aromatic rings. The van der Waals surface area contributed by atoms with Gasteiger partial charge in [-0.2, -0.15) is 0 Å². The fourth-order valence-electron chi connectivity index (χ4n) is 2.03. The van der Waals surface area contributed by atoms with E-state index in [2.05, 4.69) is 36.1 Å². The van der Waals surface area contributed by atoms with E-state index in [0.717, 1.165) is 32.2 Å². The number of hydrogen-bond donors (Lipinski definition) is 0. The minimum absolute atomic E-state index is 0.0920. The van der Waals surface area contributed by atoms with Crippen molar-refractivity contribution in [3.8, 4) is 0 Å². The lowest BCUT2D eigenvalue weighted by atomic mass is 9.82. The van der Waals surface area contributed by atoms with E-state index in [-0.39, 0.29) is 5.41 Å². The summed E-state index contributed by atoms with van der Waals surface area (Å²) in [7, 11) is 0. The Kier molecular flexibility index (Phi) is 2.76. The van der Waals surface area contributed by atoms with Gasteiger partial charge in [-0.05, 0) is 25.0 Å². The molecule has 1 aromatic carbocycles. The van der Waals surface area contributed by atoms with Crippen molar-refractivity contribution in [1.29, 1.82) is 0 Å². The summed E-state index contributed by atoms with van der Waals surface area (Å²) < 4.78 is 0. The molecule has 0 atom stereocenters. The third-order valence-electron chi connectivity index (χ3n) is 3.31. The van der Waals surface area contributed by atoms with Crippen molar-refractivity contribution in [3.05, 3.63) is 30.3 Å². The van der Waals surface area contributed by atoms with Crippen LogP contribution in [0.3, 0.4) is 0 Å². The Morgan fingerprint density at radius 1 is 1.20 bits per heavy atom. The SMILES string of the molecule is CC1(C=O)CCN(c2ccccc2)CC1. The second kappa shape index (κ2) is 4.05. The Morgan fingerprint density at radius 3 is 2.33 bits per heavy atom. The monoisotopic (exact) mass is 203 g/mol. The van der Waals surface area contributed by atoms with Crippen LogP contribution >= 0.6 is 0 Å². The van der Waals surface area contributed by atoms with Crippen molar-refractivity contribution in [2.24, 2.45) is 5.41 Å². The fraction of sp³-hybridized carbons (Fsp3) is 0.462. The lowest BCUT2D eigenvalue weighted by molar-refractivity contribution is -0.116. The number of aldehydes is 1. The summed E-state index contributed by atoms with van der Waals surface area (Å²) in [4.78, 5) is 13.3. The molecule has 0 radical (unpaired) electrons. The van der Waals surface area contributed by atoms with Crippen molar-refractivity contribution >= 4 is 12.0 Å². The van der Waals surface area contributed by atoms with Crippen LogP contribution in [-0.2, 0) is 4.79 Å². The number of para-hydroxylation sites is 1. The summed E-state index contributed by atoms with van der Waals surface area (Å²) in [6.45, 7) is 4.03. The van der Waals surface area contributed by atoms with Gasteiger partial charge in [-0.15, -0.1) is 0 Å². The van der Waals surface area contributed by atoms with Crippen LogP contribution in [0.1, 0.15) is 19.8 Å². The predicted molar refractivity (Wildman–Crippen MR) is 62.1 cm³/mol. The van der Waals surface area contributed by atoms with Gasteiger partial charge in [-0.3, -0.25) is 0 Å².